The van der Waals surface area contributed by atoms with Gasteiger partial charge in [0, 0.05) is 32.2 Å². The van der Waals surface area contributed by atoms with Crippen molar-refractivity contribution in [3.63, 3.8) is 0 Å². The van der Waals surface area contributed by atoms with Crippen LogP contribution in [0.25, 0.3) is 0 Å². The smallest absolute Gasteiger partial charge is 0.121 e. The lowest BCUT2D eigenvalue weighted by Crippen LogP contribution is -2.43. The number of rotatable bonds is 6. The van der Waals surface area contributed by atoms with Crippen LogP contribution in [-0.2, 0) is 0 Å². The molecule has 0 amide bonds. The Balaban J connectivity index is 1.77. The Morgan fingerprint density at radius 2 is 2.05 bits per heavy atom. The normalized spacial score (nSPS) is 18.7. The number of benzene rings is 1. The molecular formula is C15H22Cl2N2O2. The van der Waals surface area contributed by atoms with Gasteiger partial charge in [-0.1, -0.05) is 23.2 Å². The molecule has 1 atom stereocenters. The average molecular weight is 333 g/mol. The second-order valence-corrected chi connectivity index (χ2v) is 6.22. The van der Waals surface area contributed by atoms with Crippen molar-refractivity contribution in [2.45, 2.75) is 25.0 Å². The molecule has 1 aliphatic rings. The first-order valence-corrected chi connectivity index (χ1v) is 8.01. The summed E-state index contributed by atoms with van der Waals surface area (Å²) < 4.78 is 5.95. The minimum absolute atomic E-state index is 0.194. The van der Waals surface area contributed by atoms with E-state index in [-0.39, 0.29) is 12.2 Å². The molecule has 1 unspecified atom stereocenters. The second-order valence-electron chi connectivity index (χ2n) is 5.41. The molecule has 0 aliphatic carbocycles. The van der Waals surface area contributed by atoms with E-state index in [1.54, 1.807) is 12.1 Å². The topological polar surface area (TPSA) is 44.7 Å². The summed E-state index contributed by atoms with van der Waals surface area (Å²) in [7, 11) is 1.85. The lowest BCUT2D eigenvalue weighted by Gasteiger charge is -2.33. The first kappa shape index (κ1) is 16.8. The van der Waals surface area contributed by atoms with Gasteiger partial charge in [0.15, 0.2) is 0 Å². The third-order valence-corrected chi connectivity index (χ3v) is 4.38. The van der Waals surface area contributed by atoms with Crippen LogP contribution in [0.2, 0.25) is 10.0 Å². The highest BCUT2D eigenvalue weighted by atomic mass is 35.5. The van der Waals surface area contributed by atoms with Crippen molar-refractivity contribution in [1.82, 2.24) is 10.2 Å². The number of nitrogens with zero attached hydrogens (tertiary/aromatic N) is 1. The fourth-order valence-corrected chi connectivity index (χ4v) is 2.84. The van der Waals surface area contributed by atoms with E-state index in [4.69, 9.17) is 27.9 Å². The summed E-state index contributed by atoms with van der Waals surface area (Å²) in [6, 6.07) is 5.35. The van der Waals surface area contributed by atoms with Crippen LogP contribution in [0.5, 0.6) is 5.75 Å². The molecule has 2 rings (SSSR count). The van der Waals surface area contributed by atoms with E-state index < -0.39 is 0 Å². The van der Waals surface area contributed by atoms with Crippen molar-refractivity contribution in [1.29, 1.82) is 0 Å². The number of halogens is 2. The fraction of sp³-hybridized carbons (Fsp3) is 0.600. The predicted octanol–water partition coefficient (Wildman–Crippen LogP) is 2.42. The lowest BCUT2D eigenvalue weighted by molar-refractivity contribution is 0.0619. The summed E-state index contributed by atoms with van der Waals surface area (Å²) in [5.74, 6) is 0.762. The van der Waals surface area contributed by atoms with Crippen LogP contribution < -0.4 is 10.1 Å². The highest BCUT2D eigenvalue weighted by molar-refractivity contribution is 6.42. The third-order valence-electron chi connectivity index (χ3n) is 3.64. The molecule has 6 heteroatoms. The average Bonchev–Trinajstić information content (AvgIpc) is 2.45. The highest BCUT2D eigenvalue weighted by Crippen LogP contribution is 2.28. The number of likely N-dealkylation sites (tertiary alicyclic amines) is 1. The van der Waals surface area contributed by atoms with Crippen molar-refractivity contribution in [3.05, 3.63) is 28.2 Å². The molecule has 1 fully saturated rings. The number of ether oxygens (including phenoxy) is 1. The molecule has 0 radical (unpaired) electrons. The van der Waals surface area contributed by atoms with Crippen LogP contribution in [0.15, 0.2) is 18.2 Å². The van der Waals surface area contributed by atoms with Crippen LogP contribution >= 0.6 is 23.2 Å². The standard InChI is InChI=1S/C15H22Cl2N2O2/c1-18-9-11(20)10-19-6-4-12(5-7-19)21-13-2-3-14(16)15(17)8-13/h2-3,8,11-12,18,20H,4-7,9-10H2,1H3. The summed E-state index contributed by atoms with van der Waals surface area (Å²) in [6.07, 6.45) is 1.78. The molecule has 1 aromatic rings. The Hall–Kier alpha value is -0.520. The van der Waals surface area contributed by atoms with Gasteiger partial charge in [-0.05, 0) is 32.0 Å². The molecule has 1 heterocycles. The molecule has 118 valence electrons. The monoisotopic (exact) mass is 332 g/mol. The maximum Gasteiger partial charge on any atom is 0.121 e. The number of likely N-dealkylation sites (N-methyl/N-ethyl adjacent to an activating group) is 1. The number of β-amino-alcohol motifs (C(OH)–C–C–N with tert-alkyl or cyclic N) is 1. The SMILES string of the molecule is CNCC(O)CN1CCC(Oc2ccc(Cl)c(Cl)c2)CC1. The van der Waals surface area contributed by atoms with Gasteiger partial charge in [0.25, 0.3) is 0 Å². The van der Waals surface area contributed by atoms with Gasteiger partial charge in [-0.2, -0.15) is 0 Å². The van der Waals surface area contributed by atoms with Gasteiger partial charge in [-0.15, -0.1) is 0 Å². The molecule has 2 N–H and O–H groups in total. The summed E-state index contributed by atoms with van der Waals surface area (Å²) in [6.45, 7) is 3.21. The van der Waals surface area contributed by atoms with Gasteiger partial charge in [-0.25, -0.2) is 0 Å². The number of nitrogens with one attached hydrogen (secondary N) is 1. The van der Waals surface area contributed by atoms with E-state index in [1.165, 1.54) is 0 Å². The van der Waals surface area contributed by atoms with Crippen molar-refractivity contribution >= 4 is 23.2 Å². The van der Waals surface area contributed by atoms with Crippen molar-refractivity contribution in [3.8, 4) is 5.75 Å². The minimum atomic E-state index is -0.317. The minimum Gasteiger partial charge on any atom is -0.490 e. The molecule has 1 aliphatic heterocycles. The van der Waals surface area contributed by atoms with Gasteiger partial charge in [-0.3, -0.25) is 0 Å². The number of hydrogen-bond acceptors (Lipinski definition) is 4. The van der Waals surface area contributed by atoms with E-state index >= 15 is 0 Å². The zero-order valence-corrected chi connectivity index (χ0v) is 13.7. The first-order valence-electron chi connectivity index (χ1n) is 7.25. The van der Waals surface area contributed by atoms with Gasteiger partial charge < -0.3 is 20.1 Å². The van der Waals surface area contributed by atoms with E-state index in [0.717, 1.165) is 31.7 Å². The van der Waals surface area contributed by atoms with E-state index in [9.17, 15) is 5.11 Å². The number of hydrogen-bond donors (Lipinski definition) is 2. The van der Waals surface area contributed by atoms with Gasteiger partial charge >= 0.3 is 0 Å². The molecule has 0 bridgehead atoms. The van der Waals surface area contributed by atoms with E-state index in [0.29, 0.717) is 23.1 Å². The maximum atomic E-state index is 9.80. The molecule has 4 nitrogen and oxygen atoms in total. The third kappa shape index (κ3) is 5.31. The summed E-state index contributed by atoms with van der Waals surface area (Å²) in [5.41, 5.74) is 0. The summed E-state index contributed by atoms with van der Waals surface area (Å²) in [4.78, 5) is 2.27. The van der Waals surface area contributed by atoms with Crippen LogP contribution in [-0.4, -0.2) is 55.4 Å². The summed E-state index contributed by atoms with van der Waals surface area (Å²) in [5, 5.41) is 13.8. The van der Waals surface area contributed by atoms with Crippen LogP contribution in [0.4, 0.5) is 0 Å². The molecule has 1 aromatic carbocycles. The molecule has 0 aromatic heterocycles. The van der Waals surface area contributed by atoms with Gasteiger partial charge in [0.05, 0.1) is 16.1 Å². The summed E-state index contributed by atoms with van der Waals surface area (Å²) >= 11 is 11.9. The number of piperidine rings is 1. The molecular weight excluding hydrogens is 311 g/mol. The lowest BCUT2D eigenvalue weighted by atomic mass is 10.1. The van der Waals surface area contributed by atoms with Gasteiger partial charge in [0.1, 0.15) is 11.9 Å². The zero-order chi connectivity index (χ0) is 15.2. The van der Waals surface area contributed by atoms with Crippen molar-refractivity contribution in [2.75, 3.05) is 33.2 Å². The Bertz CT molecular complexity index is 451. The van der Waals surface area contributed by atoms with Crippen molar-refractivity contribution in [2.24, 2.45) is 0 Å². The predicted molar refractivity (Wildman–Crippen MR) is 86.5 cm³/mol. The zero-order valence-electron chi connectivity index (χ0n) is 12.2. The fourth-order valence-electron chi connectivity index (χ4n) is 2.55. The Labute approximate surface area is 136 Å². The highest BCUT2D eigenvalue weighted by Gasteiger charge is 2.22. The maximum absolute atomic E-state index is 9.80. The molecule has 21 heavy (non-hydrogen) atoms. The Morgan fingerprint density at radius 3 is 2.67 bits per heavy atom. The Morgan fingerprint density at radius 1 is 1.33 bits per heavy atom. The Kier molecular flexibility index (Phi) is 6.58. The molecule has 0 spiro atoms. The van der Waals surface area contributed by atoms with E-state index in [1.807, 2.05) is 13.1 Å². The largest absolute Gasteiger partial charge is 0.490 e. The molecule has 0 saturated carbocycles. The first-order chi connectivity index (χ1) is 10.1. The second kappa shape index (κ2) is 8.20. The van der Waals surface area contributed by atoms with Crippen molar-refractivity contribution < 1.29 is 9.84 Å². The van der Waals surface area contributed by atoms with Crippen LogP contribution in [0.1, 0.15) is 12.8 Å². The van der Waals surface area contributed by atoms with Crippen LogP contribution in [0, 0.1) is 0 Å². The number of aliphatic hydroxyl groups excluding tert-OH is 1. The van der Waals surface area contributed by atoms with E-state index in [2.05, 4.69) is 10.2 Å². The quantitative estimate of drug-likeness (QED) is 0.839. The number of aliphatic hydroxyl groups is 1. The van der Waals surface area contributed by atoms with Gasteiger partial charge in [0.2, 0.25) is 0 Å². The van der Waals surface area contributed by atoms with Crippen LogP contribution in [0.3, 0.4) is 0 Å². The molecule has 1 saturated heterocycles.